The van der Waals surface area contributed by atoms with Gasteiger partial charge in [0.05, 0.1) is 10.6 Å². The largest absolute Gasteiger partial charge is 0.385 e. The summed E-state index contributed by atoms with van der Waals surface area (Å²) in [7, 11) is 0. The van der Waals surface area contributed by atoms with Crippen molar-refractivity contribution in [2.45, 2.75) is 13.3 Å². The molecule has 5 nitrogen and oxygen atoms in total. The van der Waals surface area contributed by atoms with Gasteiger partial charge in [-0.1, -0.05) is 18.2 Å². The Balaban J connectivity index is 2.04. The Labute approximate surface area is 123 Å². The number of hydrogen-bond donors (Lipinski definition) is 1. The van der Waals surface area contributed by atoms with E-state index in [2.05, 4.69) is 22.3 Å². The molecule has 0 atom stereocenters. The lowest BCUT2D eigenvalue weighted by Crippen LogP contribution is -2.14. The number of nitrogens with one attached hydrogen (secondary N) is 1. The first-order chi connectivity index (χ1) is 10.2. The summed E-state index contributed by atoms with van der Waals surface area (Å²) in [4.78, 5) is 12.9. The van der Waals surface area contributed by atoms with Crippen molar-refractivity contribution < 1.29 is 4.92 Å². The van der Waals surface area contributed by atoms with E-state index in [0.717, 1.165) is 36.6 Å². The first-order valence-corrected chi connectivity index (χ1v) is 7.08. The molecule has 1 aliphatic rings. The number of nitro groups is 1. The van der Waals surface area contributed by atoms with Crippen LogP contribution in [0.25, 0.3) is 0 Å². The molecular formula is C16H17N3O2. The number of fused-ring (bicyclic) bond motifs is 1. The van der Waals surface area contributed by atoms with Crippen molar-refractivity contribution in [3.05, 3.63) is 58.1 Å². The number of non-ortho nitro benzene ring substituents is 1. The molecule has 1 N–H and O–H groups in total. The SMILES string of the molecule is CCNc1cc(N2CCc3ccccc32)cc([N+](=O)[O-])c1. The number of anilines is 3. The molecule has 0 saturated heterocycles. The number of nitro benzene ring substituents is 1. The quantitative estimate of drug-likeness (QED) is 0.686. The van der Waals surface area contributed by atoms with E-state index >= 15 is 0 Å². The standard InChI is InChI=1S/C16H17N3O2/c1-2-17-13-9-14(11-15(10-13)19(20)21)18-8-7-12-5-3-4-6-16(12)18/h3-6,9-11,17H,2,7-8H2,1H3. The second kappa shape index (κ2) is 5.44. The first-order valence-electron chi connectivity index (χ1n) is 7.08. The van der Waals surface area contributed by atoms with Crippen molar-refractivity contribution >= 4 is 22.7 Å². The van der Waals surface area contributed by atoms with Gasteiger partial charge in [0.2, 0.25) is 0 Å². The molecule has 2 aromatic carbocycles. The zero-order valence-corrected chi connectivity index (χ0v) is 11.9. The summed E-state index contributed by atoms with van der Waals surface area (Å²) in [5, 5.41) is 14.3. The first kappa shape index (κ1) is 13.4. The minimum Gasteiger partial charge on any atom is -0.385 e. The Morgan fingerprint density at radius 3 is 2.86 bits per heavy atom. The molecular weight excluding hydrogens is 266 g/mol. The van der Waals surface area contributed by atoms with Crippen LogP contribution in [0.15, 0.2) is 42.5 Å². The minimum atomic E-state index is -0.341. The molecule has 0 saturated carbocycles. The number of hydrogen-bond acceptors (Lipinski definition) is 4. The summed E-state index contributed by atoms with van der Waals surface area (Å²) in [5.41, 5.74) is 4.19. The fourth-order valence-corrected chi connectivity index (χ4v) is 2.77. The molecule has 0 unspecified atom stereocenters. The molecule has 0 aromatic heterocycles. The number of benzene rings is 2. The zero-order valence-electron chi connectivity index (χ0n) is 11.9. The molecule has 0 amide bonds. The molecule has 108 valence electrons. The minimum absolute atomic E-state index is 0.118. The predicted octanol–water partition coefficient (Wildman–Crippen LogP) is 3.72. The van der Waals surface area contributed by atoms with Gasteiger partial charge in [0.1, 0.15) is 0 Å². The van der Waals surface area contributed by atoms with Gasteiger partial charge in [0, 0.05) is 36.6 Å². The third-order valence-corrected chi connectivity index (χ3v) is 3.69. The van der Waals surface area contributed by atoms with Crippen molar-refractivity contribution in [3.63, 3.8) is 0 Å². The summed E-state index contributed by atoms with van der Waals surface area (Å²) in [6.07, 6.45) is 0.968. The smallest absolute Gasteiger partial charge is 0.273 e. The Morgan fingerprint density at radius 1 is 1.29 bits per heavy atom. The molecule has 1 heterocycles. The molecule has 0 bridgehead atoms. The van der Waals surface area contributed by atoms with Crippen molar-refractivity contribution in [2.24, 2.45) is 0 Å². The normalized spacial score (nSPS) is 13.1. The van der Waals surface area contributed by atoms with Crippen molar-refractivity contribution in [1.29, 1.82) is 0 Å². The van der Waals surface area contributed by atoms with Crippen LogP contribution in [0.1, 0.15) is 12.5 Å². The van der Waals surface area contributed by atoms with Crippen LogP contribution in [0.4, 0.5) is 22.7 Å². The third-order valence-electron chi connectivity index (χ3n) is 3.69. The Morgan fingerprint density at radius 2 is 2.10 bits per heavy atom. The van der Waals surface area contributed by atoms with Crippen LogP contribution < -0.4 is 10.2 Å². The molecule has 0 fully saturated rings. The molecule has 0 radical (unpaired) electrons. The monoisotopic (exact) mass is 283 g/mol. The van der Waals surface area contributed by atoms with Gasteiger partial charge in [-0.2, -0.15) is 0 Å². The van der Waals surface area contributed by atoms with Crippen LogP contribution in [0.3, 0.4) is 0 Å². The van der Waals surface area contributed by atoms with Gasteiger partial charge < -0.3 is 10.2 Å². The molecule has 0 aliphatic carbocycles. The van der Waals surface area contributed by atoms with Crippen molar-refractivity contribution in [3.8, 4) is 0 Å². The number of nitrogens with zero attached hydrogens (tertiary/aromatic N) is 2. The molecule has 3 rings (SSSR count). The lowest BCUT2D eigenvalue weighted by Gasteiger charge is -2.20. The van der Waals surface area contributed by atoms with Crippen molar-refractivity contribution in [1.82, 2.24) is 0 Å². The molecule has 0 spiro atoms. The Kier molecular flexibility index (Phi) is 3.48. The number of para-hydroxylation sites is 1. The highest BCUT2D eigenvalue weighted by atomic mass is 16.6. The maximum atomic E-state index is 11.1. The summed E-state index contributed by atoms with van der Waals surface area (Å²) in [5.74, 6) is 0. The summed E-state index contributed by atoms with van der Waals surface area (Å²) in [6.45, 7) is 3.56. The van der Waals surface area contributed by atoms with Crippen LogP contribution in [0, 0.1) is 10.1 Å². The lowest BCUT2D eigenvalue weighted by molar-refractivity contribution is -0.384. The van der Waals surface area contributed by atoms with Gasteiger partial charge in [-0.25, -0.2) is 0 Å². The molecule has 5 heteroatoms. The average Bonchev–Trinajstić information content (AvgIpc) is 2.91. The maximum absolute atomic E-state index is 11.1. The topological polar surface area (TPSA) is 58.4 Å². The van der Waals surface area contributed by atoms with E-state index in [-0.39, 0.29) is 10.6 Å². The van der Waals surface area contributed by atoms with E-state index in [0.29, 0.717) is 0 Å². The Bertz CT molecular complexity index is 685. The van der Waals surface area contributed by atoms with Crippen LogP contribution in [0.2, 0.25) is 0 Å². The van der Waals surface area contributed by atoms with Gasteiger partial charge in [-0.05, 0) is 31.0 Å². The van der Waals surface area contributed by atoms with Gasteiger partial charge in [0.25, 0.3) is 5.69 Å². The average molecular weight is 283 g/mol. The second-order valence-electron chi connectivity index (χ2n) is 5.06. The maximum Gasteiger partial charge on any atom is 0.273 e. The van der Waals surface area contributed by atoms with E-state index in [9.17, 15) is 10.1 Å². The summed E-state index contributed by atoms with van der Waals surface area (Å²) in [6, 6.07) is 13.4. The van der Waals surface area contributed by atoms with E-state index in [1.807, 2.05) is 25.1 Å². The lowest BCUT2D eigenvalue weighted by atomic mass is 10.1. The highest BCUT2D eigenvalue weighted by molar-refractivity contribution is 5.74. The fourth-order valence-electron chi connectivity index (χ4n) is 2.77. The third kappa shape index (κ3) is 2.54. The highest BCUT2D eigenvalue weighted by Crippen LogP contribution is 2.37. The highest BCUT2D eigenvalue weighted by Gasteiger charge is 2.22. The number of rotatable bonds is 4. The molecule has 21 heavy (non-hydrogen) atoms. The van der Waals surface area contributed by atoms with E-state index < -0.39 is 0 Å². The summed E-state index contributed by atoms with van der Waals surface area (Å²) < 4.78 is 0. The second-order valence-corrected chi connectivity index (χ2v) is 5.06. The van der Waals surface area contributed by atoms with Crippen LogP contribution in [-0.2, 0) is 6.42 Å². The van der Waals surface area contributed by atoms with Gasteiger partial charge in [0.15, 0.2) is 0 Å². The van der Waals surface area contributed by atoms with Crippen LogP contribution in [-0.4, -0.2) is 18.0 Å². The summed E-state index contributed by atoms with van der Waals surface area (Å²) >= 11 is 0. The van der Waals surface area contributed by atoms with E-state index in [1.165, 1.54) is 5.56 Å². The zero-order chi connectivity index (χ0) is 14.8. The van der Waals surface area contributed by atoms with Gasteiger partial charge in [-0.3, -0.25) is 10.1 Å². The Hall–Kier alpha value is -2.56. The van der Waals surface area contributed by atoms with Gasteiger partial charge in [-0.15, -0.1) is 0 Å². The predicted molar refractivity (Wildman–Crippen MR) is 84.4 cm³/mol. The fraction of sp³-hybridized carbons (Fsp3) is 0.250. The molecule has 1 aliphatic heterocycles. The van der Waals surface area contributed by atoms with E-state index in [4.69, 9.17) is 0 Å². The van der Waals surface area contributed by atoms with Crippen LogP contribution in [0.5, 0.6) is 0 Å². The van der Waals surface area contributed by atoms with Gasteiger partial charge >= 0.3 is 0 Å². The van der Waals surface area contributed by atoms with Crippen molar-refractivity contribution in [2.75, 3.05) is 23.3 Å². The van der Waals surface area contributed by atoms with Crippen LogP contribution >= 0.6 is 0 Å². The van der Waals surface area contributed by atoms with E-state index in [1.54, 1.807) is 12.1 Å². The molecule has 2 aromatic rings.